The quantitative estimate of drug-likeness (QED) is 0.673. The van der Waals surface area contributed by atoms with Crippen LogP contribution < -0.4 is 5.32 Å². The lowest BCUT2D eigenvalue weighted by atomic mass is 10.2. The number of nitrogens with one attached hydrogen (secondary N) is 1. The summed E-state index contributed by atoms with van der Waals surface area (Å²) in [5.74, 6) is 1.37. The fourth-order valence-corrected chi connectivity index (χ4v) is 2.28. The van der Waals surface area contributed by atoms with Gasteiger partial charge in [0.15, 0.2) is 11.6 Å². The number of pyridine rings is 1. The standard InChI is InChI=1S/C16H18N6O3/c1-10-13(15(23)17-6-7-24-3)9-19-22(10)14-5-4-12(8-18-14)16-20-11(2)21-25-16/h4-5,8-9H,6-7H2,1-3H3,(H,17,23). The molecular weight excluding hydrogens is 324 g/mol. The summed E-state index contributed by atoms with van der Waals surface area (Å²) in [4.78, 5) is 20.7. The summed E-state index contributed by atoms with van der Waals surface area (Å²) in [6.07, 6.45) is 3.15. The van der Waals surface area contributed by atoms with Gasteiger partial charge in [-0.15, -0.1) is 0 Å². The monoisotopic (exact) mass is 342 g/mol. The molecule has 0 bridgehead atoms. The molecule has 1 N–H and O–H groups in total. The molecule has 130 valence electrons. The van der Waals surface area contributed by atoms with Gasteiger partial charge in [-0.2, -0.15) is 10.1 Å². The van der Waals surface area contributed by atoms with E-state index >= 15 is 0 Å². The summed E-state index contributed by atoms with van der Waals surface area (Å²) < 4.78 is 11.6. The Kier molecular flexibility index (Phi) is 4.85. The zero-order valence-corrected chi connectivity index (χ0v) is 14.2. The van der Waals surface area contributed by atoms with Gasteiger partial charge in [-0.3, -0.25) is 4.79 Å². The Morgan fingerprint density at radius 2 is 2.16 bits per heavy atom. The molecule has 0 unspecified atom stereocenters. The molecule has 0 aliphatic heterocycles. The van der Waals surface area contributed by atoms with Gasteiger partial charge < -0.3 is 14.6 Å². The molecule has 0 aliphatic carbocycles. The van der Waals surface area contributed by atoms with Gasteiger partial charge in [-0.1, -0.05) is 5.16 Å². The van der Waals surface area contributed by atoms with Gasteiger partial charge >= 0.3 is 0 Å². The number of hydrogen-bond donors (Lipinski definition) is 1. The maximum Gasteiger partial charge on any atom is 0.259 e. The molecular formula is C16H18N6O3. The second-order valence-corrected chi connectivity index (χ2v) is 5.36. The SMILES string of the molecule is COCCNC(=O)c1cnn(-c2ccc(-c3nc(C)no3)cn2)c1C. The number of aromatic nitrogens is 5. The zero-order chi connectivity index (χ0) is 17.8. The first-order valence-corrected chi connectivity index (χ1v) is 7.69. The molecule has 0 fully saturated rings. The van der Waals surface area contributed by atoms with Gasteiger partial charge in [0, 0.05) is 19.9 Å². The van der Waals surface area contributed by atoms with Crippen molar-refractivity contribution in [3.63, 3.8) is 0 Å². The third-order valence-electron chi connectivity index (χ3n) is 3.59. The summed E-state index contributed by atoms with van der Waals surface area (Å²) in [6.45, 7) is 4.46. The van der Waals surface area contributed by atoms with Crippen LogP contribution in [0.25, 0.3) is 17.3 Å². The van der Waals surface area contributed by atoms with E-state index in [1.54, 1.807) is 31.0 Å². The predicted molar refractivity (Wildman–Crippen MR) is 88.3 cm³/mol. The van der Waals surface area contributed by atoms with E-state index in [-0.39, 0.29) is 5.91 Å². The summed E-state index contributed by atoms with van der Waals surface area (Å²) >= 11 is 0. The van der Waals surface area contributed by atoms with E-state index in [9.17, 15) is 4.79 Å². The van der Waals surface area contributed by atoms with Crippen molar-refractivity contribution in [1.29, 1.82) is 0 Å². The molecule has 9 nitrogen and oxygen atoms in total. The number of ether oxygens (including phenoxy) is 1. The predicted octanol–water partition coefficient (Wildman–Crippen LogP) is 1.31. The smallest absolute Gasteiger partial charge is 0.259 e. The Labute approximate surface area is 144 Å². The first-order chi connectivity index (χ1) is 12.1. The number of amides is 1. The molecule has 0 aromatic carbocycles. The summed E-state index contributed by atoms with van der Waals surface area (Å²) in [7, 11) is 1.58. The minimum absolute atomic E-state index is 0.196. The first-order valence-electron chi connectivity index (χ1n) is 7.69. The van der Waals surface area contributed by atoms with E-state index in [1.165, 1.54) is 6.20 Å². The van der Waals surface area contributed by atoms with Crippen LogP contribution in [0.2, 0.25) is 0 Å². The largest absolute Gasteiger partial charge is 0.383 e. The summed E-state index contributed by atoms with van der Waals surface area (Å²) in [5.41, 5.74) is 1.91. The Hall–Kier alpha value is -3.07. The van der Waals surface area contributed by atoms with Crippen LogP contribution in [-0.4, -0.2) is 51.1 Å². The Bertz CT molecular complexity index is 868. The molecule has 3 heterocycles. The second-order valence-electron chi connectivity index (χ2n) is 5.36. The highest BCUT2D eigenvalue weighted by Crippen LogP contribution is 2.18. The number of carbonyl (C=O) groups excluding carboxylic acids is 1. The highest BCUT2D eigenvalue weighted by atomic mass is 16.5. The number of nitrogens with zero attached hydrogens (tertiary/aromatic N) is 5. The van der Waals surface area contributed by atoms with Crippen molar-refractivity contribution in [1.82, 2.24) is 30.2 Å². The van der Waals surface area contributed by atoms with Gasteiger partial charge in [0.05, 0.1) is 29.6 Å². The van der Waals surface area contributed by atoms with Crippen LogP contribution in [0, 0.1) is 13.8 Å². The van der Waals surface area contributed by atoms with Crippen molar-refractivity contribution >= 4 is 5.91 Å². The van der Waals surface area contributed by atoms with Crippen molar-refractivity contribution in [3.05, 3.63) is 41.6 Å². The van der Waals surface area contributed by atoms with E-state index < -0.39 is 0 Å². The fourth-order valence-electron chi connectivity index (χ4n) is 2.28. The number of aryl methyl sites for hydroxylation is 1. The van der Waals surface area contributed by atoms with E-state index in [0.717, 1.165) is 0 Å². The number of carbonyl (C=O) groups is 1. The van der Waals surface area contributed by atoms with Gasteiger partial charge in [0.1, 0.15) is 0 Å². The number of methoxy groups -OCH3 is 1. The van der Waals surface area contributed by atoms with Gasteiger partial charge in [0.2, 0.25) is 0 Å². The van der Waals surface area contributed by atoms with E-state index in [2.05, 4.69) is 25.5 Å². The van der Waals surface area contributed by atoms with Crippen molar-refractivity contribution < 1.29 is 14.1 Å². The normalized spacial score (nSPS) is 10.8. The van der Waals surface area contributed by atoms with Crippen molar-refractivity contribution in [2.75, 3.05) is 20.3 Å². The lowest BCUT2D eigenvalue weighted by Gasteiger charge is -2.06. The highest BCUT2D eigenvalue weighted by Gasteiger charge is 2.16. The summed E-state index contributed by atoms with van der Waals surface area (Å²) in [6, 6.07) is 3.59. The average Bonchev–Trinajstić information content (AvgIpc) is 3.21. The number of rotatable bonds is 6. The number of hydrogen-bond acceptors (Lipinski definition) is 7. The average molecular weight is 342 g/mol. The van der Waals surface area contributed by atoms with Crippen molar-refractivity contribution in [2.24, 2.45) is 0 Å². The maximum absolute atomic E-state index is 12.2. The molecule has 25 heavy (non-hydrogen) atoms. The van der Waals surface area contributed by atoms with E-state index in [1.807, 2.05) is 13.0 Å². The molecule has 3 aromatic rings. The molecule has 0 aliphatic rings. The topological polar surface area (TPSA) is 108 Å². The van der Waals surface area contributed by atoms with E-state index in [0.29, 0.717) is 47.5 Å². The minimum atomic E-state index is -0.196. The molecule has 0 atom stereocenters. The van der Waals surface area contributed by atoms with E-state index in [4.69, 9.17) is 9.26 Å². The lowest BCUT2D eigenvalue weighted by Crippen LogP contribution is -2.27. The van der Waals surface area contributed by atoms with Crippen LogP contribution in [0.3, 0.4) is 0 Å². The molecule has 0 saturated heterocycles. The third-order valence-corrected chi connectivity index (χ3v) is 3.59. The zero-order valence-electron chi connectivity index (χ0n) is 14.2. The maximum atomic E-state index is 12.2. The second kappa shape index (κ2) is 7.22. The molecule has 0 spiro atoms. The van der Waals surface area contributed by atoms with Crippen molar-refractivity contribution in [3.8, 4) is 17.3 Å². The van der Waals surface area contributed by atoms with Crippen molar-refractivity contribution in [2.45, 2.75) is 13.8 Å². The van der Waals surface area contributed by atoms with Crippen LogP contribution in [-0.2, 0) is 4.74 Å². The molecule has 0 saturated carbocycles. The first kappa shape index (κ1) is 16.8. The van der Waals surface area contributed by atoms with Crippen LogP contribution in [0.4, 0.5) is 0 Å². The third kappa shape index (κ3) is 3.56. The Balaban J connectivity index is 1.79. The fraction of sp³-hybridized carbons (Fsp3) is 0.312. The minimum Gasteiger partial charge on any atom is -0.383 e. The molecule has 0 radical (unpaired) electrons. The summed E-state index contributed by atoms with van der Waals surface area (Å²) in [5, 5.41) is 10.8. The van der Waals surface area contributed by atoms with Gasteiger partial charge in [-0.05, 0) is 26.0 Å². The Morgan fingerprint density at radius 3 is 2.80 bits per heavy atom. The molecule has 3 rings (SSSR count). The van der Waals surface area contributed by atoms with Crippen LogP contribution in [0.15, 0.2) is 29.0 Å². The molecule has 3 aromatic heterocycles. The Morgan fingerprint density at radius 1 is 1.32 bits per heavy atom. The lowest BCUT2D eigenvalue weighted by molar-refractivity contribution is 0.0936. The van der Waals surface area contributed by atoms with Gasteiger partial charge in [-0.25, -0.2) is 9.67 Å². The highest BCUT2D eigenvalue weighted by molar-refractivity contribution is 5.95. The van der Waals surface area contributed by atoms with Crippen LogP contribution in [0.5, 0.6) is 0 Å². The van der Waals surface area contributed by atoms with Crippen LogP contribution >= 0.6 is 0 Å². The van der Waals surface area contributed by atoms with Crippen LogP contribution in [0.1, 0.15) is 21.9 Å². The molecule has 1 amide bonds. The van der Waals surface area contributed by atoms with Gasteiger partial charge in [0.25, 0.3) is 11.8 Å². The molecule has 9 heteroatoms.